The molecule has 0 aliphatic carbocycles. The molecule has 0 unspecified atom stereocenters. The number of ether oxygens (including phenoxy) is 2. The number of hydrogen-bond donors (Lipinski definition) is 1. The molecule has 3 heterocycles. The van der Waals surface area contributed by atoms with Crippen LogP contribution in [0, 0.1) is 5.92 Å². The van der Waals surface area contributed by atoms with E-state index in [1.807, 2.05) is 30.1 Å². The first-order chi connectivity index (χ1) is 12.2. The summed E-state index contributed by atoms with van der Waals surface area (Å²) < 4.78 is 10.7. The maximum Gasteiger partial charge on any atom is 0.265 e. The molecule has 2 aliphatic heterocycles. The van der Waals surface area contributed by atoms with Crippen molar-refractivity contribution >= 4 is 17.2 Å². The van der Waals surface area contributed by atoms with E-state index in [0.29, 0.717) is 10.8 Å². The van der Waals surface area contributed by atoms with Gasteiger partial charge in [-0.05, 0) is 50.6 Å². The van der Waals surface area contributed by atoms with Gasteiger partial charge in [0.1, 0.15) is 9.88 Å². The smallest absolute Gasteiger partial charge is 0.265 e. The lowest BCUT2D eigenvalue weighted by atomic mass is 9.97. The van der Waals surface area contributed by atoms with Crippen molar-refractivity contribution in [3.8, 4) is 22.1 Å². The topological polar surface area (TPSA) is 63.7 Å². The van der Waals surface area contributed by atoms with Crippen LogP contribution in [0.4, 0.5) is 0 Å². The van der Waals surface area contributed by atoms with E-state index in [1.54, 1.807) is 6.20 Å². The average molecular weight is 359 g/mol. The van der Waals surface area contributed by atoms with Gasteiger partial charge < -0.3 is 19.7 Å². The van der Waals surface area contributed by atoms with Gasteiger partial charge >= 0.3 is 0 Å². The highest BCUT2D eigenvalue weighted by atomic mass is 32.1. The lowest BCUT2D eigenvalue weighted by Gasteiger charge is -2.31. The quantitative estimate of drug-likeness (QED) is 0.909. The minimum Gasteiger partial charge on any atom is -0.454 e. The standard InChI is InChI=1S/C18H21N3O3S/c1-19-9-12-4-6-21(7-5-12)18(22)16-10-20-17(25-16)13-2-3-14-15(8-13)24-11-23-14/h2-3,8,10,12,19H,4-7,9,11H2,1H3. The summed E-state index contributed by atoms with van der Waals surface area (Å²) in [5.41, 5.74) is 0.945. The van der Waals surface area contributed by atoms with Crippen LogP contribution in [0.5, 0.6) is 11.5 Å². The second-order valence-corrected chi connectivity index (χ2v) is 7.42. The van der Waals surface area contributed by atoms with E-state index in [9.17, 15) is 4.79 Å². The number of hydrogen-bond acceptors (Lipinski definition) is 6. The van der Waals surface area contributed by atoms with E-state index in [2.05, 4.69) is 10.3 Å². The summed E-state index contributed by atoms with van der Waals surface area (Å²) in [6.07, 6.45) is 3.80. The molecule has 1 fully saturated rings. The highest BCUT2D eigenvalue weighted by Gasteiger charge is 2.25. The normalized spacial score (nSPS) is 17.1. The van der Waals surface area contributed by atoms with Crippen LogP contribution >= 0.6 is 11.3 Å². The Balaban J connectivity index is 1.45. The number of thiazole rings is 1. The molecule has 1 amide bonds. The minimum atomic E-state index is 0.0902. The summed E-state index contributed by atoms with van der Waals surface area (Å²) in [4.78, 5) is 19.8. The molecule has 0 spiro atoms. The molecule has 2 aliphatic rings. The number of likely N-dealkylation sites (tertiary alicyclic amines) is 1. The van der Waals surface area contributed by atoms with Crippen LogP contribution in [0.2, 0.25) is 0 Å². The summed E-state index contributed by atoms with van der Waals surface area (Å²) >= 11 is 1.43. The molecular weight excluding hydrogens is 338 g/mol. The number of nitrogens with zero attached hydrogens (tertiary/aromatic N) is 2. The highest BCUT2D eigenvalue weighted by molar-refractivity contribution is 7.16. The van der Waals surface area contributed by atoms with Gasteiger partial charge in [-0.2, -0.15) is 0 Å². The Morgan fingerprint density at radius 1 is 1.32 bits per heavy atom. The second kappa shape index (κ2) is 7.01. The van der Waals surface area contributed by atoms with Gasteiger partial charge in [0, 0.05) is 18.7 Å². The Labute approximate surface area is 150 Å². The van der Waals surface area contributed by atoms with Crippen LogP contribution < -0.4 is 14.8 Å². The molecule has 0 bridgehead atoms. The predicted octanol–water partition coefficient (Wildman–Crippen LogP) is 2.61. The number of fused-ring (bicyclic) bond motifs is 1. The van der Waals surface area contributed by atoms with Gasteiger partial charge in [0.25, 0.3) is 5.91 Å². The monoisotopic (exact) mass is 359 g/mol. The van der Waals surface area contributed by atoms with Gasteiger partial charge in [0.15, 0.2) is 11.5 Å². The summed E-state index contributed by atoms with van der Waals surface area (Å²) in [5.74, 6) is 2.24. The van der Waals surface area contributed by atoms with Crippen LogP contribution in [-0.4, -0.2) is 49.3 Å². The van der Waals surface area contributed by atoms with E-state index < -0.39 is 0 Å². The largest absolute Gasteiger partial charge is 0.454 e. The van der Waals surface area contributed by atoms with Crippen molar-refractivity contribution in [3.05, 3.63) is 29.3 Å². The zero-order valence-electron chi connectivity index (χ0n) is 14.2. The number of nitrogens with one attached hydrogen (secondary N) is 1. The lowest BCUT2D eigenvalue weighted by molar-refractivity contribution is 0.0695. The molecule has 1 aromatic heterocycles. The first-order valence-corrected chi connectivity index (χ1v) is 9.36. The molecule has 6 nitrogen and oxygen atoms in total. The summed E-state index contributed by atoms with van der Waals surface area (Å²) in [7, 11) is 1.98. The number of carbonyl (C=O) groups is 1. The number of amides is 1. The molecule has 0 radical (unpaired) electrons. The van der Waals surface area contributed by atoms with E-state index >= 15 is 0 Å². The van der Waals surface area contributed by atoms with Crippen LogP contribution in [0.25, 0.3) is 10.6 Å². The van der Waals surface area contributed by atoms with E-state index in [1.165, 1.54) is 11.3 Å². The van der Waals surface area contributed by atoms with Gasteiger partial charge in [-0.3, -0.25) is 4.79 Å². The third-order valence-corrected chi connectivity index (χ3v) is 5.76. The van der Waals surface area contributed by atoms with Crippen LogP contribution in [0.3, 0.4) is 0 Å². The van der Waals surface area contributed by atoms with Crippen molar-refractivity contribution < 1.29 is 14.3 Å². The molecule has 132 valence electrons. The molecule has 1 aromatic carbocycles. The number of rotatable bonds is 4. The molecule has 1 N–H and O–H groups in total. The zero-order chi connectivity index (χ0) is 17.2. The van der Waals surface area contributed by atoms with E-state index in [-0.39, 0.29) is 12.7 Å². The fraction of sp³-hybridized carbons (Fsp3) is 0.444. The van der Waals surface area contributed by atoms with Crippen molar-refractivity contribution in [2.24, 2.45) is 5.92 Å². The molecule has 2 aromatic rings. The molecular formula is C18H21N3O3S. The predicted molar refractivity (Wildman–Crippen MR) is 96.2 cm³/mol. The number of carbonyl (C=O) groups excluding carboxylic acids is 1. The Bertz CT molecular complexity index is 769. The Morgan fingerprint density at radius 3 is 2.92 bits per heavy atom. The molecule has 7 heteroatoms. The highest BCUT2D eigenvalue weighted by Crippen LogP contribution is 2.37. The van der Waals surface area contributed by atoms with Gasteiger partial charge in [-0.25, -0.2) is 4.98 Å². The van der Waals surface area contributed by atoms with Crippen molar-refractivity contribution in [3.63, 3.8) is 0 Å². The van der Waals surface area contributed by atoms with E-state index in [4.69, 9.17) is 9.47 Å². The third kappa shape index (κ3) is 3.34. The van der Waals surface area contributed by atoms with Crippen molar-refractivity contribution in [2.75, 3.05) is 33.5 Å². The minimum absolute atomic E-state index is 0.0902. The molecule has 4 rings (SSSR count). The van der Waals surface area contributed by atoms with Crippen LogP contribution in [0.15, 0.2) is 24.4 Å². The van der Waals surface area contributed by atoms with Gasteiger partial charge in [-0.1, -0.05) is 0 Å². The average Bonchev–Trinajstić information content (AvgIpc) is 3.31. The van der Waals surface area contributed by atoms with Crippen molar-refractivity contribution in [1.29, 1.82) is 0 Å². The van der Waals surface area contributed by atoms with Gasteiger partial charge in [-0.15, -0.1) is 11.3 Å². The summed E-state index contributed by atoms with van der Waals surface area (Å²) in [6, 6.07) is 5.75. The Morgan fingerprint density at radius 2 is 2.12 bits per heavy atom. The number of benzene rings is 1. The van der Waals surface area contributed by atoms with Crippen LogP contribution in [-0.2, 0) is 0 Å². The molecule has 0 saturated carbocycles. The third-order valence-electron chi connectivity index (χ3n) is 4.73. The van der Waals surface area contributed by atoms with Gasteiger partial charge in [0.2, 0.25) is 6.79 Å². The number of aromatic nitrogens is 1. The van der Waals surface area contributed by atoms with Crippen LogP contribution in [0.1, 0.15) is 22.5 Å². The fourth-order valence-corrected chi connectivity index (χ4v) is 4.20. The lowest BCUT2D eigenvalue weighted by Crippen LogP contribution is -2.40. The Kier molecular flexibility index (Phi) is 4.59. The SMILES string of the molecule is CNCC1CCN(C(=O)c2cnc(-c3ccc4c(c3)OCO4)s2)CC1. The van der Waals surface area contributed by atoms with E-state index in [0.717, 1.165) is 54.5 Å². The Hall–Kier alpha value is -2.12. The fourth-order valence-electron chi connectivity index (χ4n) is 3.32. The first-order valence-electron chi connectivity index (χ1n) is 8.54. The maximum atomic E-state index is 12.7. The first kappa shape index (κ1) is 16.4. The number of piperidine rings is 1. The summed E-state index contributed by atoms with van der Waals surface area (Å²) in [5, 5.41) is 4.05. The maximum absolute atomic E-state index is 12.7. The summed E-state index contributed by atoms with van der Waals surface area (Å²) in [6.45, 7) is 2.92. The molecule has 0 atom stereocenters. The van der Waals surface area contributed by atoms with Gasteiger partial charge in [0.05, 0.1) is 6.20 Å². The second-order valence-electron chi connectivity index (χ2n) is 6.39. The van der Waals surface area contributed by atoms with Crippen molar-refractivity contribution in [1.82, 2.24) is 15.2 Å². The van der Waals surface area contributed by atoms with Crippen molar-refractivity contribution in [2.45, 2.75) is 12.8 Å². The molecule has 1 saturated heterocycles. The zero-order valence-corrected chi connectivity index (χ0v) is 15.0. The molecule has 25 heavy (non-hydrogen) atoms.